The zero-order valence-corrected chi connectivity index (χ0v) is 14.6. The van der Waals surface area contributed by atoms with Crippen LogP contribution >= 0.6 is 0 Å². The minimum atomic E-state index is -1.26. The van der Waals surface area contributed by atoms with Crippen molar-refractivity contribution in [2.75, 3.05) is 13.2 Å². The van der Waals surface area contributed by atoms with E-state index in [4.69, 9.17) is 19.7 Å². The largest absolute Gasteiger partial charge is 0.482 e. The van der Waals surface area contributed by atoms with Gasteiger partial charge in [0, 0.05) is 31.1 Å². The molecule has 0 spiro atoms. The third kappa shape index (κ3) is 10.1. The molecule has 0 bridgehead atoms. The van der Waals surface area contributed by atoms with Crippen molar-refractivity contribution >= 4 is 17.9 Å². The molecule has 0 fully saturated rings. The predicted molar refractivity (Wildman–Crippen MR) is 94.3 cm³/mol. The Morgan fingerprint density at radius 1 is 1.11 bits per heavy atom. The lowest BCUT2D eigenvalue weighted by atomic mass is 10.2. The first-order valence-corrected chi connectivity index (χ1v) is 7.87. The minimum absolute atomic E-state index is 0.0608. The fourth-order valence-electron chi connectivity index (χ4n) is 1.77. The Labute approximate surface area is 155 Å². The fourth-order valence-corrected chi connectivity index (χ4v) is 1.77. The van der Waals surface area contributed by atoms with Gasteiger partial charge in [-0.3, -0.25) is 0 Å². The van der Waals surface area contributed by atoms with Crippen LogP contribution in [0.15, 0.2) is 55.1 Å². The zero-order valence-electron chi connectivity index (χ0n) is 14.6. The molecule has 1 heterocycles. The summed E-state index contributed by atoms with van der Waals surface area (Å²) in [6, 6.07) is 7.60. The maximum absolute atomic E-state index is 11.1. The molecule has 9 nitrogen and oxygen atoms in total. The van der Waals surface area contributed by atoms with Gasteiger partial charge < -0.3 is 24.3 Å². The van der Waals surface area contributed by atoms with Crippen LogP contribution in [0.5, 0.6) is 5.75 Å². The molecule has 1 aromatic carbocycles. The van der Waals surface area contributed by atoms with Crippen LogP contribution in [0.4, 0.5) is 0 Å². The summed E-state index contributed by atoms with van der Waals surface area (Å²) in [6.45, 7) is 2.84. The minimum Gasteiger partial charge on any atom is -0.482 e. The molecule has 2 aromatic rings. The molecule has 0 atom stereocenters. The van der Waals surface area contributed by atoms with E-state index in [2.05, 4.69) is 4.98 Å². The summed E-state index contributed by atoms with van der Waals surface area (Å²) in [4.78, 5) is 34.2. The predicted octanol–water partition coefficient (Wildman–Crippen LogP) is 1.59. The zero-order chi connectivity index (χ0) is 20.1. The van der Waals surface area contributed by atoms with Crippen molar-refractivity contribution in [1.82, 2.24) is 9.55 Å². The number of imidazole rings is 1. The van der Waals surface area contributed by atoms with Crippen molar-refractivity contribution < 1.29 is 34.1 Å². The number of rotatable bonds is 8. The maximum Gasteiger partial charge on any atom is 0.344 e. The molecule has 2 N–H and O–H groups in total. The molecule has 0 aliphatic carbocycles. The van der Waals surface area contributed by atoms with Crippen molar-refractivity contribution in [3.8, 4) is 5.75 Å². The van der Waals surface area contributed by atoms with Gasteiger partial charge >= 0.3 is 17.9 Å². The summed E-state index contributed by atoms with van der Waals surface area (Å²) in [5, 5.41) is 15.6. The van der Waals surface area contributed by atoms with E-state index in [0.29, 0.717) is 24.5 Å². The van der Waals surface area contributed by atoms with Crippen LogP contribution in [0, 0.1) is 0 Å². The van der Waals surface area contributed by atoms with Crippen LogP contribution in [0.2, 0.25) is 0 Å². The van der Waals surface area contributed by atoms with Crippen LogP contribution in [-0.2, 0) is 25.7 Å². The molecule has 1 aromatic heterocycles. The standard InChI is InChI=1S/C14H16N2O3.C4H4O4/c1-2-18-14(17)10-19-13-5-3-12(4-6-13)9-16-8-7-15-11-16;5-3(6)1-2-4(7)8/h3-8,11H,2,9-10H2,1H3;1-2H,(H,5,6)(H,7,8)/b;2-1+. The Kier molecular flexibility index (Phi) is 9.40. The summed E-state index contributed by atoms with van der Waals surface area (Å²) >= 11 is 0. The van der Waals surface area contributed by atoms with E-state index in [1.807, 2.05) is 35.0 Å². The quantitative estimate of drug-likeness (QED) is 0.525. The Bertz CT molecular complexity index is 737. The van der Waals surface area contributed by atoms with Crippen LogP contribution in [-0.4, -0.2) is 50.9 Å². The average molecular weight is 376 g/mol. The van der Waals surface area contributed by atoms with Gasteiger partial charge in [0.05, 0.1) is 12.9 Å². The summed E-state index contributed by atoms with van der Waals surface area (Å²) in [6.07, 6.45) is 6.54. The first-order valence-electron chi connectivity index (χ1n) is 7.87. The molecule has 0 aliphatic heterocycles. The topological polar surface area (TPSA) is 128 Å². The smallest absolute Gasteiger partial charge is 0.344 e. The van der Waals surface area contributed by atoms with E-state index in [9.17, 15) is 14.4 Å². The molecule has 9 heteroatoms. The van der Waals surface area contributed by atoms with Gasteiger partial charge in [0.2, 0.25) is 0 Å². The van der Waals surface area contributed by atoms with Gasteiger partial charge in [-0.25, -0.2) is 19.4 Å². The number of aromatic nitrogens is 2. The molecule has 0 radical (unpaired) electrons. The van der Waals surface area contributed by atoms with Crippen molar-refractivity contribution in [2.24, 2.45) is 0 Å². The molecular weight excluding hydrogens is 356 g/mol. The van der Waals surface area contributed by atoms with E-state index >= 15 is 0 Å². The lowest BCUT2D eigenvalue weighted by molar-refractivity contribution is -0.145. The monoisotopic (exact) mass is 376 g/mol. The van der Waals surface area contributed by atoms with Crippen molar-refractivity contribution in [3.05, 3.63) is 60.7 Å². The number of nitrogens with zero attached hydrogens (tertiary/aromatic N) is 2. The Morgan fingerprint density at radius 2 is 1.74 bits per heavy atom. The molecule has 0 aliphatic rings. The molecule has 0 unspecified atom stereocenters. The second-order valence-corrected chi connectivity index (χ2v) is 4.98. The van der Waals surface area contributed by atoms with Gasteiger partial charge in [0.25, 0.3) is 0 Å². The van der Waals surface area contributed by atoms with E-state index < -0.39 is 11.9 Å². The lowest BCUT2D eigenvalue weighted by Gasteiger charge is -2.07. The van der Waals surface area contributed by atoms with Crippen LogP contribution in [0.3, 0.4) is 0 Å². The summed E-state index contributed by atoms with van der Waals surface area (Å²) in [5.74, 6) is -2.22. The van der Waals surface area contributed by atoms with Gasteiger partial charge in [0.1, 0.15) is 5.75 Å². The number of carboxylic acids is 2. The molecule has 0 amide bonds. The first-order chi connectivity index (χ1) is 12.9. The Hall–Kier alpha value is -3.62. The Morgan fingerprint density at radius 3 is 2.22 bits per heavy atom. The maximum atomic E-state index is 11.1. The highest BCUT2D eigenvalue weighted by Crippen LogP contribution is 2.13. The van der Waals surface area contributed by atoms with Crippen LogP contribution in [0.25, 0.3) is 0 Å². The third-order valence-corrected chi connectivity index (χ3v) is 2.88. The number of carbonyl (C=O) groups excluding carboxylic acids is 1. The van der Waals surface area contributed by atoms with Crippen LogP contribution in [0.1, 0.15) is 12.5 Å². The van der Waals surface area contributed by atoms with Crippen molar-refractivity contribution in [3.63, 3.8) is 0 Å². The number of hydrogen-bond donors (Lipinski definition) is 2. The summed E-state index contributed by atoms with van der Waals surface area (Å²) < 4.78 is 12.1. The normalized spacial score (nSPS) is 9.96. The fraction of sp³-hybridized carbons (Fsp3) is 0.222. The van der Waals surface area contributed by atoms with Crippen molar-refractivity contribution in [1.29, 1.82) is 0 Å². The van der Waals surface area contributed by atoms with E-state index in [1.165, 1.54) is 0 Å². The summed E-state index contributed by atoms with van der Waals surface area (Å²) in [5.41, 5.74) is 1.14. The highest BCUT2D eigenvalue weighted by molar-refractivity contribution is 5.89. The second kappa shape index (κ2) is 11.9. The van der Waals surface area contributed by atoms with E-state index in [0.717, 1.165) is 12.1 Å². The number of carbonyl (C=O) groups is 3. The number of carboxylic acid groups (broad SMARTS) is 2. The highest BCUT2D eigenvalue weighted by atomic mass is 16.6. The molecular formula is C18H20N2O7. The second-order valence-electron chi connectivity index (χ2n) is 4.98. The van der Waals surface area contributed by atoms with Crippen molar-refractivity contribution in [2.45, 2.75) is 13.5 Å². The lowest BCUT2D eigenvalue weighted by Crippen LogP contribution is -2.14. The molecule has 144 valence electrons. The van der Waals surface area contributed by atoms with Crippen LogP contribution < -0.4 is 4.74 Å². The number of esters is 1. The SMILES string of the molecule is CCOC(=O)COc1ccc(Cn2ccnc2)cc1.O=C(O)/C=C/C(=O)O. The van der Waals surface area contributed by atoms with Gasteiger partial charge in [-0.2, -0.15) is 0 Å². The number of aliphatic carboxylic acids is 2. The number of benzene rings is 1. The van der Waals surface area contributed by atoms with Gasteiger partial charge in [0.15, 0.2) is 6.61 Å². The Balaban J connectivity index is 0.000000387. The third-order valence-electron chi connectivity index (χ3n) is 2.88. The highest BCUT2D eigenvalue weighted by Gasteiger charge is 2.03. The average Bonchev–Trinajstić information content (AvgIpc) is 3.13. The molecule has 0 saturated carbocycles. The van der Waals surface area contributed by atoms with Gasteiger partial charge in [-0.15, -0.1) is 0 Å². The summed E-state index contributed by atoms with van der Waals surface area (Å²) in [7, 11) is 0. The van der Waals surface area contributed by atoms with E-state index in [-0.39, 0.29) is 12.6 Å². The van der Waals surface area contributed by atoms with Gasteiger partial charge in [-0.1, -0.05) is 12.1 Å². The number of ether oxygens (including phenoxy) is 2. The van der Waals surface area contributed by atoms with E-state index in [1.54, 1.807) is 19.4 Å². The molecule has 27 heavy (non-hydrogen) atoms. The number of hydrogen-bond acceptors (Lipinski definition) is 6. The first kappa shape index (κ1) is 21.4. The molecule has 2 rings (SSSR count). The van der Waals surface area contributed by atoms with Gasteiger partial charge in [-0.05, 0) is 24.6 Å². The molecule has 0 saturated heterocycles.